The molecule has 3 amide bonds. The minimum Gasteiger partial charge on any atom is -0.302 e. The minimum absolute atomic E-state index is 0.0976. The van der Waals surface area contributed by atoms with Crippen molar-refractivity contribution >= 4 is 11.9 Å². The van der Waals surface area contributed by atoms with E-state index in [-0.39, 0.29) is 35.6 Å². The van der Waals surface area contributed by atoms with E-state index < -0.39 is 0 Å². The molecular weight excluding hydrogens is 206 g/mol. The Hall–Kier alpha value is -0.940. The van der Waals surface area contributed by atoms with Gasteiger partial charge in [0.1, 0.15) is 11.6 Å². The van der Waals surface area contributed by atoms with Crippen LogP contribution in [0.25, 0.3) is 0 Å². The Labute approximate surface area is 94.8 Å². The Morgan fingerprint density at radius 2 is 2.00 bits per heavy atom. The SMILES string of the molecule is CC(C)(C)[N+]12C(=O)NC(=O)C1C1CC2CN1. The molecule has 5 heteroatoms. The highest BCUT2D eigenvalue weighted by molar-refractivity contribution is 6.00. The molecule has 3 rings (SSSR count). The lowest BCUT2D eigenvalue weighted by Crippen LogP contribution is -2.72. The molecule has 5 nitrogen and oxygen atoms in total. The van der Waals surface area contributed by atoms with Gasteiger partial charge in [0.05, 0.1) is 6.04 Å². The summed E-state index contributed by atoms with van der Waals surface area (Å²) in [6.07, 6.45) is 0.946. The highest BCUT2D eigenvalue weighted by atomic mass is 16.2. The summed E-state index contributed by atoms with van der Waals surface area (Å²) in [5, 5.41) is 5.87. The molecule has 0 aromatic rings. The summed E-state index contributed by atoms with van der Waals surface area (Å²) in [4.78, 5) is 24.2. The van der Waals surface area contributed by atoms with Crippen molar-refractivity contribution in [2.75, 3.05) is 6.54 Å². The molecule has 3 aliphatic heterocycles. The predicted octanol–water partition coefficient (Wildman–Crippen LogP) is -0.0358. The molecule has 88 valence electrons. The summed E-state index contributed by atoms with van der Waals surface area (Å²) in [6, 6.07) is 0.111. The molecule has 0 aromatic carbocycles. The van der Waals surface area contributed by atoms with Gasteiger partial charge in [0.2, 0.25) is 0 Å². The van der Waals surface area contributed by atoms with Crippen LogP contribution in [0, 0.1) is 0 Å². The van der Waals surface area contributed by atoms with E-state index in [0.717, 1.165) is 13.0 Å². The largest absolute Gasteiger partial charge is 0.424 e. The molecule has 2 bridgehead atoms. The molecule has 0 radical (unpaired) electrons. The van der Waals surface area contributed by atoms with Crippen LogP contribution in [0.3, 0.4) is 0 Å². The van der Waals surface area contributed by atoms with Gasteiger partial charge in [-0.2, -0.15) is 0 Å². The van der Waals surface area contributed by atoms with Crippen molar-refractivity contribution in [3.8, 4) is 0 Å². The van der Waals surface area contributed by atoms with Crippen molar-refractivity contribution in [3.63, 3.8) is 0 Å². The number of amides is 3. The number of fused-ring (bicyclic) bond motifs is 5. The van der Waals surface area contributed by atoms with E-state index in [1.165, 1.54) is 0 Å². The minimum atomic E-state index is -0.220. The topological polar surface area (TPSA) is 58.2 Å². The van der Waals surface area contributed by atoms with Crippen LogP contribution in [0.15, 0.2) is 0 Å². The van der Waals surface area contributed by atoms with Gasteiger partial charge in [-0.15, -0.1) is 0 Å². The van der Waals surface area contributed by atoms with E-state index in [0.29, 0.717) is 4.48 Å². The van der Waals surface area contributed by atoms with Crippen LogP contribution in [0.2, 0.25) is 0 Å². The van der Waals surface area contributed by atoms with E-state index in [4.69, 9.17) is 0 Å². The third-order valence-electron chi connectivity index (χ3n) is 4.48. The fourth-order valence-corrected chi connectivity index (χ4v) is 4.01. The first-order valence-corrected chi connectivity index (χ1v) is 5.86. The number of urea groups is 1. The van der Waals surface area contributed by atoms with Gasteiger partial charge in [-0.1, -0.05) is 0 Å². The molecule has 0 aliphatic carbocycles. The lowest BCUT2D eigenvalue weighted by molar-refractivity contribution is -0.919. The maximum absolute atomic E-state index is 12.2. The molecule has 0 spiro atoms. The Kier molecular flexibility index (Phi) is 1.70. The molecule has 4 atom stereocenters. The molecule has 3 fully saturated rings. The normalized spacial score (nSPS) is 46.1. The Bertz CT molecular complexity index is 387. The van der Waals surface area contributed by atoms with Crippen LogP contribution in [0.5, 0.6) is 0 Å². The smallest absolute Gasteiger partial charge is 0.302 e. The number of carbonyl (C=O) groups excluding carboxylic acids is 2. The summed E-state index contributed by atoms with van der Waals surface area (Å²) in [5.41, 5.74) is -0.220. The molecule has 16 heavy (non-hydrogen) atoms. The van der Waals surface area contributed by atoms with Crippen LogP contribution in [-0.4, -0.2) is 46.6 Å². The quantitative estimate of drug-likeness (QED) is 0.448. The molecule has 0 saturated carbocycles. The molecule has 0 aromatic heterocycles. The Morgan fingerprint density at radius 1 is 1.31 bits per heavy atom. The van der Waals surface area contributed by atoms with Gasteiger partial charge >= 0.3 is 6.03 Å². The summed E-state index contributed by atoms with van der Waals surface area (Å²) in [7, 11) is 0. The highest BCUT2D eigenvalue weighted by Gasteiger charge is 2.73. The van der Waals surface area contributed by atoms with E-state index in [2.05, 4.69) is 31.4 Å². The van der Waals surface area contributed by atoms with Crippen LogP contribution in [0.1, 0.15) is 27.2 Å². The van der Waals surface area contributed by atoms with Gasteiger partial charge in [-0.25, -0.2) is 14.6 Å². The van der Waals surface area contributed by atoms with Crippen molar-refractivity contribution in [1.82, 2.24) is 10.6 Å². The third kappa shape index (κ3) is 0.858. The Balaban J connectivity index is 2.18. The van der Waals surface area contributed by atoms with Gasteiger partial charge in [-0.05, 0) is 20.8 Å². The fourth-order valence-electron chi connectivity index (χ4n) is 4.01. The zero-order valence-corrected chi connectivity index (χ0v) is 9.91. The summed E-state index contributed by atoms with van der Waals surface area (Å²) in [5.74, 6) is -0.0976. The lowest BCUT2D eigenvalue weighted by Gasteiger charge is -2.47. The van der Waals surface area contributed by atoms with Crippen molar-refractivity contribution in [2.45, 2.75) is 50.9 Å². The number of rotatable bonds is 0. The van der Waals surface area contributed by atoms with Crippen molar-refractivity contribution < 1.29 is 14.1 Å². The zero-order valence-electron chi connectivity index (χ0n) is 9.91. The molecule has 2 N–H and O–H groups in total. The average molecular weight is 224 g/mol. The summed E-state index contributed by atoms with van der Waals surface area (Å²) in [6.45, 7) is 7.01. The number of quaternary nitrogens is 1. The van der Waals surface area contributed by atoms with Crippen molar-refractivity contribution in [2.24, 2.45) is 0 Å². The monoisotopic (exact) mass is 224 g/mol. The van der Waals surface area contributed by atoms with Crippen molar-refractivity contribution in [3.05, 3.63) is 0 Å². The molecular formula is C11H18N3O2+. The molecule has 3 saturated heterocycles. The predicted molar refractivity (Wildman–Crippen MR) is 57.5 cm³/mol. The first-order valence-electron chi connectivity index (χ1n) is 5.86. The van der Waals surface area contributed by atoms with E-state index in [1.807, 2.05) is 0 Å². The molecule has 3 heterocycles. The van der Waals surface area contributed by atoms with Gasteiger partial charge in [0, 0.05) is 13.0 Å². The maximum atomic E-state index is 12.2. The van der Waals surface area contributed by atoms with Gasteiger partial charge in [-0.3, -0.25) is 4.79 Å². The van der Waals surface area contributed by atoms with Crippen molar-refractivity contribution in [1.29, 1.82) is 0 Å². The second kappa shape index (κ2) is 2.65. The van der Waals surface area contributed by atoms with Crippen LogP contribution >= 0.6 is 0 Å². The average Bonchev–Trinajstić information content (AvgIpc) is 2.76. The van der Waals surface area contributed by atoms with Gasteiger partial charge in [0.15, 0.2) is 6.04 Å². The zero-order chi connectivity index (χ0) is 11.7. The molecule has 4 unspecified atom stereocenters. The first kappa shape index (κ1) is 10.2. The summed E-state index contributed by atoms with van der Waals surface area (Å²) >= 11 is 0. The highest BCUT2D eigenvalue weighted by Crippen LogP contribution is 2.46. The van der Waals surface area contributed by atoms with Crippen LogP contribution in [-0.2, 0) is 4.79 Å². The first-order chi connectivity index (χ1) is 7.39. The standard InChI is InChI=1S/C11H17N3O2/c1-11(2,3)14-6-4-7(12-5-6)8(14)9(15)13-10(14)16/h6-8,12H,4-5H2,1-3H3/p+1. The number of imide groups is 1. The number of nitrogens with one attached hydrogen (secondary N) is 2. The third-order valence-corrected chi connectivity index (χ3v) is 4.48. The lowest BCUT2D eigenvalue weighted by atomic mass is 9.96. The number of nitrogens with zero attached hydrogens (tertiary/aromatic N) is 1. The number of carbonyl (C=O) groups is 2. The van der Waals surface area contributed by atoms with Crippen LogP contribution in [0.4, 0.5) is 4.79 Å². The summed E-state index contributed by atoms with van der Waals surface area (Å²) < 4.78 is 0.309. The number of piperazine rings is 1. The number of hydrogen-bond acceptors (Lipinski definition) is 3. The van der Waals surface area contributed by atoms with Gasteiger partial charge in [0.25, 0.3) is 5.91 Å². The molecule has 3 aliphatic rings. The maximum Gasteiger partial charge on any atom is 0.424 e. The van der Waals surface area contributed by atoms with E-state index in [9.17, 15) is 9.59 Å². The van der Waals surface area contributed by atoms with Crippen LogP contribution < -0.4 is 10.6 Å². The van der Waals surface area contributed by atoms with E-state index >= 15 is 0 Å². The second-order valence-electron chi connectivity index (χ2n) is 6.09. The second-order valence-corrected chi connectivity index (χ2v) is 6.09. The van der Waals surface area contributed by atoms with E-state index in [1.54, 1.807) is 0 Å². The Morgan fingerprint density at radius 3 is 2.56 bits per heavy atom. The number of hydrogen-bond donors (Lipinski definition) is 2. The van der Waals surface area contributed by atoms with Gasteiger partial charge < -0.3 is 5.32 Å². The fraction of sp³-hybridized carbons (Fsp3) is 0.818.